The Kier molecular flexibility index (Phi) is 4.71. The molecule has 4 heteroatoms. The summed E-state index contributed by atoms with van der Waals surface area (Å²) >= 11 is 0. The van der Waals surface area contributed by atoms with Crippen molar-refractivity contribution in [2.24, 2.45) is 0 Å². The number of rotatable bonds is 5. The van der Waals surface area contributed by atoms with E-state index in [9.17, 15) is 9.59 Å². The van der Waals surface area contributed by atoms with E-state index in [1.54, 1.807) is 0 Å². The van der Waals surface area contributed by atoms with Crippen LogP contribution in [0.5, 0.6) is 5.75 Å². The predicted molar refractivity (Wildman–Crippen MR) is 105 cm³/mol. The second-order valence-electron chi connectivity index (χ2n) is 6.51. The zero-order valence-corrected chi connectivity index (χ0v) is 14.8. The maximum atomic E-state index is 12.0. The minimum Gasteiger partial charge on any atom is -0.460 e. The maximum absolute atomic E-state index is 12.0. The summed E-state index contributed by atoms with van der Waals surface area (Å²) in [6, 6.07) is 23.6. The molecule has 0 unspecified atom stereocenters. The number of amides is 2. The molecule has 4 nitrogen and oxygen atoms in total. The molecule has 1 fully saturated rings. The van der Waals surface area contributed by atoms with Crippen molar-refractivity contribution in [3.63, 3.8) is 0 Å². The summed E-state index contributed by atoms with van der Waals surface area (Å²) in [6.45, 7) is 0.138. The standard InChI is InChI=1S/C23H19NO3/c25-22-12-13-23(26)24(22)16-21(27-20-8-2-1-3-9-20)15-17-10-11-18-6-4-5-7-19(18)14-17/h1-11,14-15H,12-13,16H2/b21-15-. The van der Waals surface area contributed by atoms with Crippen molar-refractivity contribution >= 4 is 28.7 Å². The zero-order chi connectivity index (χ0) is 18.6. The molecule has 1 aliphatic heterocycles. The number of hydrogen-bond acceptors (Lipinski definition) is 3. The summed E-state index contributed by atoms with van der Waals surface area (Å²) in [6.07, 6.45) is 2.43. The maximum Gasteiger partial charge on any atom is 0.230 e. The van der Waals surface area contributed by atoms with E-state index in [0.717, 1.165) is 16.3 Å². The molecule has 3 aromatic carbocycles. The summed E-state index contributed by atoms with van der Waals surface area (Å²) in [5.74, 6) is 0.922. The van der Waals surface area contributed by atoms with Gasteiger partial charge in [0.15, 0.2) is 0 Å². The Morgan fingerprint density at radius 2 is 1.52 bits per heavy atom. The Morgan fingerprint density at radius 1 is 0.852 bits per heavy atom. The number of fused-ring (bicyclic) bond motifs is 1. The Hall–Kier alpha value is -3.40. The number of ether oxygens (including phenoxy) is 1. The molecule has 0 atom stereocenters. The molecular weight excluding hydrogens is 338 g/mol. The monoisotopic (exact) mass is 357 g/mol. The van der Waals surface area contributed by atoms with Crippen molar-refractivity contribution in [1.29, 1.82) is 0 Å². The van der Waals surface area contributed by atoms with Crippen LogP contribution in [0.3, 0.4) is 0 Å². The Balaban J connectivity index is 1.67. The quantitative estimate of drug-likeness (QED) is 0.502. The van der Waals surface area contributed by atoms with Crippen LogP contribution in [0.15, 0.2) is 78.6 Å². The van der Waals surface area contributed by atoms with Crippen LogP contribution in [0.2, 0.25) is 0 Å². The molecule has 4 rings (SSSR count). The number of likely N-dealkylation sites (tertiary alicyclic amines) is 1. The van der Waals surface area contributed by atoms with Gasteiger partial charge in [0.1, 0.15) is 11.5 Å². The van der Waals surface area contributed by atoms with Crippen LogP contribution >= 0.6 is 0 Å². The van der Waals surface area contributed by atoms with E-state index < -0.39 is 0 Å². The number of imide groups is 1. The zero-order valence-electron chi connectivity index (χ0n) is 14.8. The van der Waals surface area contributed by atoms with Crippen molar-refractivity contribution in [3.8, 4) is 5.75 Å². The summed E-state index contributed by atoms with van der Waals surface area (Å²) < 4.78 is 6.00. The lowest BCUT2D eigenvalue weighted by molar-refractivity contribution is -0.138. The van der Waals surface area contributed by atoms with Crippen LogP contribution < -0.4 is 4.74 Å². The minimum atomic E-state index is -0.152. The fourth-order valence-electron chi connectivity index (χ4n) is 3.19. The van der Waals surface area contributed by atoms with Crippen LogP contribution in [0.25, 0.3) is 16.8 Å². The second kappa shape index (κ2) is 7.46. The molecule has 0 saturated carbocycles. The molecule has 0 radical (unpaired) electrons. The first-order chi connectivity index (χ1) is 13.2. The summed E-state index contributed by atoms with van der Waals surface area (Å²) in [4.78, 5) is 25.3. The molecular formula is C23H19NO3. The topological polar surface area (TPSA) is 46.6 Å². The van der Waals surface area contributed by atoms with E-state index in [0.29, 0.717) is 11.5 Å². The highest BCUT2D eigenvalue weighted by Gasteiger charge is 2.29. The number of para-hydroxylation sites is 1. The molecule has 1 saturated heterocycles. The number of benzene rings is 3. The van der Waals surface area contributed by atoms with E-state index >= 15 is 0 Å². The lowest BCUT2D eigenvalue weighted by Crippen LogP contribution is -2.32. The van der Waals surface area contributed by atoms with Crippen LogP contribution in [-0.2, 0) is 9.59 Å². The van der Waals surface area contributed by atoms with Crippen molar-refractivity contribution < 1.29 is 14.3 Å². The predicted octanol–water partition coefficient (Wildman–Crippen LogP) is 4.41. The fourth-order valence-corrected chi connectivity index (χ4v) is 3.19. The lowest BCUT2D eigenvalue weighted by atomic mass is 10.1. The highest BCUT2D eigenvalue weighted by atomic mass is 16.5. The molecule has 1 aliphatic rings. The van der Waals surface area contributed by atoms with Crippen LogP contribution in [0.1, 0.15) is 18.4 Å². The average molecular weight is 357 g/mol. The third-order valence-electron chi connectivity index (χ3n) is 4.56. The van der Waals surface area contributed by atoms with Gasteiger partial charge >= 0.3 is 0 Å². The highest BCUT2D eigenvalue weighted by Crippen LogP contribution is 2.22. The van der Waals surface area contributed by atoms with Gasteiger partial charge in [-0.2, -0.15) is 0 Å². The molecule has 0 spiro atoms. The van der Waals surface area contributed by atoms with E-state index in [1.165, 1.54) is 4.90 Å². The number of nitrogens with zero attached hydrogens (tertiary/aromatic N) is 1. The molecule has 134 valence electrons. The largest absolute Gasteiger partial charge is 0.460 e. The highest BCUT2D eigenvalue weighted by molar-refractivity contribution is 6.02. The normalized spacial score (nSPS) is 14.8. The second-order valence-corrected chi connectivity index (χ2v) is 6.51. The van der Waals surface area contributed by atoms with Crippen molar-refractivity contribution in [1.82, 2.24) is 4.90 Å². The number of carbonyl (C=O) groups is 2. The van der Waals surface area contributed by atoms with Gasteiger partial charge in [-0.05, 0) is 40.6 Å². The first-order valence-electron chi connectivity index (χ1n) is 8.94. The molecule has 0 bridgehead atoms. The molecule has 27 heavy (non-hydrogen) atoms. The average Bonchev–Trinajstić information content (AvgIpc) is 3.01. The van der Waals surface area contributed by atoms with Gasteiger partial charge in [0.2, 0.25) is 11.8 Å². The van der Waals surface area contributed by atoms with Gasteiger partial charge < -0.3 is 4.74 Å². The minimum absolute atomic E-state index is 0.138. The molecule has 0 aromatic heterocycles. The molecule has 3 aromatic rings. The van der Waals surface area contributed by atoms with Crippen molar-refractivity contribution in [2.45, 2.75) is 12.8 Å². The van der Waals surface area contributed by atoms with Gasteiger partial charge in [0.25, 0.3) is 0 Å². The van der Waals surface area contributed by atoms with Gasteiger partial charge in [0, 0.05) is 12.8 Å². The molecule has 0 N–H and O–H groups in total. The van der Waals surface area contributed by atoms with Crippen molar-refractivity contribution in [2.75, 3.05) is 6.54 Å². The van der Waals surface area contributed by atoms with E-state index in [1.807, 2.05) is 60.7 Å². The smallest absolute Gasteiger partial charge is 0.230 e. The van der Waals surface area contributed by atoms with Gasteiger partial charge in [-0.15, -0.1) is 0 Å². The van der Waals surface area contributed by atoms with Crippen molar-refractivity contribution in [3.05, 3.63) is 84.1 Å². The van der Waals surface area contributed by atoms with Gasteiger partial charge in [0.05, 0.1) is 6.54 Å². The number of hydrogen-bond donors (Lipinski definition) is 0. The Bertz CT molecular complexity index is 1010. The van der Waals surface area contributed by atoms with Gasteiger partial charge in [-0.25, -0.2) is 0 Å². The van der Waals surface area contributed by atoms with Crippen LogP contribution in [0, 0.1) is 0 Å². The number of carbonyl (C=O) groups excluding carboxylic acids is 2. The van der Waals surface area contributed by atoms with Gasteiger partial charge in [-0.1, -0.05) is 54.6 Å². The molecule has 0 aliphatic carbocycles. The van der Waals surface area contributed by atoms with E-state index in [4.69, 9.17) is 4.74 Å². The van der Waals surface area contributed by atoms with Crippen LogP contribution in [-0.4, -0.2) is 23.3 Å². The fraction of sp³-hybridized carbons (Fsp3) is 0.130. The van der Waals surface area contributed by atoms with E-state index in [2.05, 4.69) is 18.2 Å². The molecule has 2 amide bonds. The third kappa shape index (κ3) is 3.90. The molecule has 1 heterocycles. The lowest BCUT2D eigenvalue weighted by Gasteiger charge is -2.17. The first-order valence-corrected chi connectivity index (χ1v) is 8.94. The van der Waals surface area contributed by atoms with E-state index in [-0.39, 0.29) is 31.2 Å². The van der Waals surface area contributed by atoms with Crippen LogP contribution in [0.4, 0.5) is 0 Å². The first kappa shape index (κ1) is 17.0. The summed E-state index contributed by atoms with van der Waals surface area (Å²) in [5.41, 5.74) is 0.957. The van der Waals surface area contributed by atoms with Gasteiger partial charge in [-0.3, -0.25) is 14.5 Å². The summed E-state index contributed by atoms with van der Waals surface area (Å²) in [5, 5.41) is 2.28. The summed E-state index contributed by atoms with van der Waals surface area (Å²) in [7, 11) is 0. The Labute approximate surface area is 157 Å². The SMILES string of the molecule is O=C1CCC(=O)N1C/C(=C/c1ccc2ccccc2c1)Oc1ccccc1. The third-order valence-corrected chi connectivity index (χ3v) is 4.56. The Morgan fingerprint density at radius 3 is 2.26 bits per heavy atom.